The summed E-state index contributed by atoms with van der Waals surface area (Å²) in [5, 5.41) is 2.31. The van der Waals surface area contributed by atoms with Crippen LogP contribution in [-0.4, -0.2) is 19.2 Å². The molecular formula is C11H9F3N2O. The molecule has 3 nitrogen and oxygen atoms in total. The van der Waals surface area contributed by atoms with Crippen LogP contribution in [0.25, 0.3) is 0 Å². The second kappa shape index (κ2) is 4.12. The largest absolute Gasteiger partial charge is 0.481 e. The number of methoxy groups -OCH3 is 1. The van der Waals surface area contributed by atoms with Gasteiger partial charge in [0.05, 0.1) is 18.5 Å². The lowest BCUT2D eigenvalue weighted by Gasteiger charge is -2.13. The van der Waals surface area contributed by atoms with Crippen LogP contribution in [0.4, 0.5) is 24.5 Å². The van der Waals surface area contributed by atoms with Crippen LogP contribution in [0.2, 0.25) is 0 Å². The zero-order valence-electron chi connectivity index (χ0n) is 8.88. The first-order chi connectivity index (χ1) is 8.00. The number of para-hydroxylation sites is 2. The maximum Gasteiger partial charge on any atom is 0.431 e. The van der Waals surface area contributed by atoms with Crippen molar-refractivity contribution in [3.05, 3.63) is 36.0 Å². The highest BCUT2D eigenvalue weighted by atomic mass is 19.4. The van der Waals surface area contributed by atoms with E-state index in [0.717, 1.165) is 6.08 Å². The molecule has 2 rings (SSSR count). The normalized spacial score (nSPS) is 15.1. The molecule has 0 atom stereocenters. The van der Waals surface area contributed by atoms with Crippen molar-refractivity contribution < 1.29 is 17.9 Å². The van der Waals surface area contributed by atoms with Crippen molar-refractivity contribution in [2.45, 2.75) is 6.18 Å². The van der Waals surface area contributed by atoms with E-state index < -0.39 is 11.9 Å². The first-order valence-corrected chi connectivity index (χ1v) is 4.78. The van der Waals surface area contributed by atoms with Crippen LogP contribution in [0.5, 0.6) is 0 Å². The summed E-state index contributed by atoms with van der Waals surface area (Å²) in [7, 11) is 1.28. The number of hydrogen-bond acceptors (Lipinski definition) is 3. The van der Waals surface area contributed by atoms with Crippen LogP contribution in [-0.2, 0) is 4.74 Å². The van der Waals surface area contributed by atoms with E-state index in [-0.39, 0.29) is 5.90 Å². The first-order valence-electron chi connectivity index (χ1n) is 4.78. The van der Waals surface area contributed by atoms with Gasteiger partial charge in [-0.15, -0.1) is 0 Å². The van der Waals surface area contributed by atoms with Crippen LogP contribution in [0, 0.1) is 0 Å². The second-order valence-electron chi connectivity index (χ2n) is 3.35. The van der Waals surface area contributed by atoms with Gasteiger partial charge in [0.25, 0.3) is 0 Å². The molecule has 0 saturated heterocycles. The van der Waals surface area contributed by atoms with E-state index in [9.17, 15) is 13.2 Å². The zero-order chi connectivity index (χ0) is 12.5. The van der Waals surface area contributed by atoms with Crippen molar-refractivity contribution in [2.75, 3.05) is 12.4 Å². The van der Waals surface area contributed by atoms with Crippen molar-refractivity contribution in [3.63, 3.8) is 0 Å². The topological polar surface area (TPSA) is 33.6 Å². The molecule has 17 heavy (non-hydrogen) atoms. The molecule has 1 aromatic carbocycles. The Morgan fingerprint density at radius 2 is 1.94 bits per heavy atom. The van der Waals surface area contributed by atoms with Crippen LogP contribution in [0.3, 0.4) is 0 Å². The zero-order valence-corrected chi connectivity index (χ0v) is 8.88. The smallest absolute Gasteiger partial charge is 0.431 e. The number of fused-ring (bicyclic) bond motifs is 1. The van der Waals surface area contributed by atoms with Gasteiger partial charge < -0.3 is 10.1 Å². The number of rotatable bonds is 0. The highest BCUT2D eigenvalue weighted by Crippen LogP contribution is 2.33. The maximum atomic E-state index is 12.7. The van der Waals surface area contributed by atoms with Gasteiger partial charge in [0.1, 0.15) is 5.70 Å². The molecule has 0 spiro atoms. The number of halogens is 3. The fourth-order valence-electron chi connectivity index (χ4n) is 1.39. The third kappa shape index (κ3) is 2.41. The third-order valence-corrected chi connectivity index (χ3v) is 2.19. The number of benzene rings is 1. The number of hydrogen-bond donors (Lipinski definition) is 1. The minimum absolute atomic E-state index is 0.0882. The molecule has 0 amide bonds. The van der Waals surface area contributed by atoms with Gasteiger partial charge in [0.15, 0.2) is 0 Å². The van der Waals surface area contributed by atoms with Gasteiger partial charge in [-0.3, -0.25) is 0 Å². The Labute approximate surface area is 95.6 Å². The molecule has 90 valence electrons. The number of ether oxygens (including phenoxy) is 1. The van der Waals surface area contributed by atoms with E-state index in [1.165, 1.54) is 13.2 Å². The summed E-state index contributed by atoms with van der Waals surface area (Å²) in [6, 6.07) is 6.45. The molecule has 1 aromatic rings. The van der Waals surface area contributed by atoms with E-state index >= 15 is 0 Å². The summed E-state index contributed by atoms with van der Waals surface area (Å²) in [5.74, 6) is -0.0882. The number of anilines is 1. The number of nitrogens with one attached hydrogen (secondary N) is 1. The molecule has 0 aliphatic carbocycles. The molecule has 1 aliphatic rings. The van der Waals surface area contributed by atoms with Gasteiger partial charge in [-0.1, -0.05) is 12.1 Å². The third-order valence-electron chi connectivity index (χ3n) is 2.19. The summed E-state index contributed by atoms with van der Waals surface area (Å²) in [6.45, 7) is 0. The Balaban J connectivity index is 2.51. The summed E-state index contributed by atoms with van der Waals surface area (Å²) in [5.41, 5.74) is -0.203. The number of alkyl halides is 3. The fraction of sp³-hybridized carbons (Fsp3) is 0.182. The van der Waals surface area contributed by atoms with Crippen molar-refractivity contribution in [1.29, 1.82) is 0 Å². The van der Waals surface area contributed by atoms with E-state index in [1.807, 2.05) is 0 Å². The highest BCUT2D eigenvalue weighted by Gasteiger charge is 2.35. The SMILES string of the molecule is COC1=Nc2ccccc2NC(C(F)(F)F)=C1. The Morgan fingerprint density at radius 1 is 1.24 bits per heavy atom. The molecule has 1 heterocycles. The molecule has 0 saturated carbocycles. The van der Waals surface area contributed by atoms with Gasteiger partial charge in [0.2, 0.25) is 5.90 Å². The molecule has 0 fully saturated rings. The average molecular weight is 242 g/mol. The second-order valence-corrected chi connectivity index (χ2v) is 3.35. The Hall–Kier alpha value is -1.98. The van der Waals surface area contributed by atoms with Gasteiger partial charge in [-0.05, 0) is 12.1 Å². The number of allylic oxidation sites excluding steroid dienone is 1. The Morgan fingerprint density at radius 3 is 2.59 bits per heavy atom. The Bertz CT molecular complexity index is 492. The lowest BCUT2D eigenvalue weighted by Crippen LogP contribution is -2.19. The molecule has 6 heteroatoms. The van der Waals surface area contributed by atoms with Gasteiger partial charge in [-0.2, -0.15) is 13.2 Å². The summed E-state index contributed by atoms with van der Waals surface area (Å²) < 4.78 is 42.8. The van der Waals surface area contributed by atoms with Crippen LogP contribution >= 0.6 is 0 Å². The summed E-state index contributed by atoms with van der Waals surface area (Å²) in [6.07, 6.45) is -3.64. The molecular weight excluding hydrogens is 233 g/mol. The summed E-state index contributed by atoms with van der Waals surface area (Å²) in [4.78, 5) is 3.98. The molecule has 0 bridgehead atoms. The molecule has 0 aromatic heterocycles. The van der Waals surface area contributed by atoms with Crippen LogP contribution in [0.1, 0.15) is 0 Å². The number of nitrogens with zero attached hydrogens (tertiary/aromatic N) is 1. The quantitative estimate of drug-likeness (QED) is 0.757. The molecule has 0 radical (unpaired) electrons. The lowest BCUT2D eigenvalue weighted by molar-refractivity contribution is -0.0902. The molecule has 1 N–H and O–H groups in total. The van der Waals surface area contributed by atoms with Crippen LogP contribution < -0.4 is 5.32 Å². The molecule has 0 unspecified atom stereocenters. The van der Waals surface area contributed by atoms with E-state index in [1.54, 1.807) is 18.2 Å². The van der Waals surface area contributed by atoms with Gasteiger partial charge in [0, 0.05) is 6.08 Å². The Kier molecular flexibility index (Phi) is 2.79. The average Bonchev–Trinajstić information content (AvgIpc) is 2.46. The van der Waals surface area contributed by atoms with Crippen LogP contribution in [0.15, 0.2) is 41.0 Å². The highest BCUT2D eigenvalue weighted by molar-refractivity contribution is 5.94. The lowest BCUT2D eigenvalue weighted by atomic mass is 10.2. The minimum Gasteiger partial charge on any atom is -0.481 e. The predicted octanol–water partition coefficient (Wildman–Crippen LogP) is 3.23. The van der Waals surface area contributed by atoms with E-state index in [2.05, 4.69) is 10.3 Å². The van der Waals surface area contributed by atoms with Crippen molar-refractivity contribution in [3.8, 4) is 0 Å². The standard InChI is InChI=1S/C11H9F3N2O/c1-17-10-6-9(11(12,13)14)15-7-4-2-3-5-8(7)16-10/h2-6,15H,1H3. The maximum absolute atomic E-state index is 12.7. The first kappa shape index (κ1) is 11.5. The number of aliphatic imine (C=N–C) groups is 1. The summed E-state index contributed by atoms with van der Waals surface area (Å²) >= 11 is 0. The van der Waals surface area contributed by atoms with Gasteiger partial charge >= 0.3 is 6.18 Å². The molecule has 1 aliphatic heterocycles. The van der Waals surface area contributed by atoms with E-state index in [0.29, 0.717) is 11.4 Å². The van der Waals surface area contributed by atoms with Crippen molar-refractivity contribution in [1.82, 2.24) is 0 Å². The van der Waals surface area contributed by atoms with Crippen molar-refractivity contribution >= 4 is 17.3 Å². The van der Waals surface area contributed by atoms with Gasteiger partial charge in [-0.25, -0.2) is 4.99 Å². The van der Waals surface area contributed by atoms with Crippen molar-refractivity contribution in [2.24, 2.45) is 4.99 Å². The fourth-order valence-corrected chi connectivity index (χ4v) is 1.39. The minimum atomic E-state index is -4.48. The predicted molar refractivity (Wildman–Crippen MR) is 58.3 cm³/mol. The van der Waals surface area contributed by atoms with E-state index in [4.69, 9.17) is 4.74 Å². The monoisotopic (exact) mass is 242 g/mol.